The van der Waals surface area contributed by atoms with Gasteiger partial charge in [0.2, 0.25) is 11.9 Å². The molecule has 1 N–H and O–H groups in total. The number of hydrogen-bond donors (Lipinski definition) is 1. The maximum Gasteiger partial charge on any atom is 0.250 e. The first-order chi connectivity index (χ1) is 12.8. The lowest BCUT2D eigenvalue weighted by Gasteiger charge is -2.32. The van der Waals surface area contributed by atoms with Crippen molar-refractivity contribution < 1.29 is 4.79 Å². The van der Waals surface area contributed by atoms with Crippen LogP contribution in [0.1, 0.15) is 12.8 Å². The third-order valence-electron chi connectivity index (χ3n) is 4.57. The summed E-state index contributed by atoms with van der Waals surface area (Å²) in [5, 5.41) is 15.1. The van der Waals surface area contributed by atoms with E-state index in [0.717, 1.165) is 30.8 Å². The smallest absolute Gasteiger partial charge is 0.250 e. The molecule has 0 bridgehead atoms. The van der Waals surface area contributed by atoms with Crippen molar-refractivity contribution in [3.8, 4) is 5.69 Å². The van der Waals surface area contributed by atoms with Crippen molar-refractivity contribution >= 4 is 17.5 Å². The second-order valence-electron chi connectivity index (χ2n) is 6.37. The van der Waals surface area contributed by atoms with Crippen molar-refractivity contribution in [1.82, 2.24) is 20.2 Å². The Hall–Kier alpha value is -3.22. The van der Waals surface area contributed by atoms with Gasteiger partial charge in [-0.25, -0.2) is 0 Å². The van der Waals surface area contributed by atoms with E-state index in [4.69, 9.17) is 0 Å². The quantitative estimate of drug-likeness (QED) is 0.784. The van der Waals surface area contributed by atoms with Gasteiger partial charge in [-0.3, -0.25) is 4.79 Å². The number of piperidine rings is 1. The van der Waals surface area contributed by atoms with Gasteiger partial charge in [0, 0.05) is 18.8 Å². The first kappa shape index (κ1) is 16.3. The van der Waals surface area contributed by atoms with Crippen LogP contribution in [0, 0.1) is 5.92 Å². The number of benzene rings is 2. The summed E-state index contributed by atoms with van der Waals surface area (Å²) in [4.78, 5) is 14.7. The number of carbonyl (C=O) groups excluding carboxylic acids is 1. The van der Waals surface area contributed by atoms with Crippen molar-refractivity contribution in [3.63, 3.8) is 0 Å². The van der Waals surface area contributed by atoms with Crippen molar-refractivity contribution in [2.45, 2.75) is 12.8 Å². The summed E-state index contributed by atoms with van der Waals surface area (Å²) in [5.74, 6) is 0.623. The number of tetrazole rings is 1. The lowest BCUT2D eigenvalue weighted by molar-refractivity contribution is -0.120. The van der Waals surface area contributed by atoms with Gasteiger partial charge < -0.3 is 10.2 Å². The van der Waals surface area contributed by atoms with Gasteiger partial charge >= 0.3 is 0 Å². The topological polar surface area (TPSA) is 75.9 Å². The summed E-state index contributed by atoms with van der Waals surface area (Å²) in [7, 11) is 0. The predicted molar refractivity (Wildman–Crippen MR) is 99.2 cm³/mol. The second-order valence-corrected chi connectivity index (χ2v) is 6.37. The molecule has 0 radical (unpaired) electrons. The average molecular weight is 348 g/mol. The minimum atomic E-state index is -0.0927. The molecule has 0 unspecified atom stereocenters. The van der Waals surface area contributed by atoms with Gasteiger partial charge in [0.25, 0.3) is 0 Å². The molecule has 4 rings (SSSR count). The van der Waals surface area contributed by atoms with Crippen LogP contribution in [-0.2, 0) is 4.79 Å². The third kappa shape index (κ3) is 3.42. The molecule has 2 aromatic carbocycles. The van der Waals surface area contributed by atoms with E-state index >= 15 is 0 Å². The maximum atomic E-state index is 12.6. The molecular formula is C19H20N6O. The number of anilines is 2. The molecule has 0 spiro atoms. The minimum Gasteiger partial charge on any atom is -0.339 e. The average Bonchev–Trinajstić information content (AvgIpc) is 3.19. The molecule has 1 fully saturated rings. The van der Waals surface area contributed by atoms with Crippen molar-refractivity contribution in [2.75, 3.05) is 23.3 Å². The van der Waals surface area contributed by atoms with Crippen LogP contribution in [0.5, 0.6) is 0 Å². The standard InChI is InChI=1S/C19H20N6O/c26-18(20-16-9-3-1-4-10-16)15-8-7-13-24(14-15)19-21-22-23-25(19)17-11-5-2-6-12-17/h1-6,9-12,15H,7-8,13-14H2,(H,20,26)/t15-/m1/s1. The molecule has 1 atom stereocenters. The molecule has 1 aliphatic rings. The highest BCUT2D eigenvalue weighted by Crippen LogP contribution is 2.24. The van der Waals surface area contributed by atoms with E-state index in [9.17, 15) is 4.79 Å². The minimum absolute atomic E-state index is 0.0413. The Labute approximate surface area is 151 Å². The van der Waals surface area contributed by atoms with Crippen LogP contribution in [-0.4, -0.2) is 39.2 Å². The third-order valence-corrected chi connectivity index (χ3v) is 4.57. The SMILES string of the molecule is O=C(Nc1ccccc1)[C@@H]1CCCN(c2nnnn2-c2ccccc2)C1. The normalized spacial score (nSPS) is 17.1. The van der Waals surface area contributed by atoms with Crippen LogP contribution in [0.15, 0.2) is 60.7 Å². The molecule has 0 aliphatic carbocycles. The van der Waals surface area contributed by atoms with Gasteiger partial charge in [-0.2, -0.15) is 4.68 Å². The van der Waals surface area contributed by atoms with E-state index < -0.39 is 0 Å². The molecule has 132 valence electrons. The number of hydrogen-bond acceptors (Lipinski definition) is 5. The summed E-state index contributed by atoms with van der Waals surface area (Å²) in [6.45, 7) is 1.44. The number of amides is 1. The van der Waals surface area contributed by atoms with Gasteiger partial charge in [-0.1, -0.05) is 41.5 Å². The molecule has 26 heavy (non-hydrogen) atoms. The van der Waals surface area contributed by atoms with Crippen LogP contribution < -0.4 is 10.2 Å². The first-order valence-electron chi connectivity index (χ1n) is 8.76. The Kier molecular flexibility index (Phi) is 4.59. The zero-order valence-electron chi connectivity index (χ0n) is 14.3. The Balaban J connectivity index is 1.49. The monoisotopic (exact) mass is 348 g/mol. The van der Waals surface area contributed by atoms with E-state index in [1.807, 2.05) is 60.7 Å². The van der Waals surface area contributed by atoms with Gasteiger partial charge in [0.1, 0.15) is 0 Å². The van der Waals surface area contributed by atoms with Crippen LogP contribution in [0.4, 0.5) is 11.6 Å². The van der Waals surface area contributed by atoms with Gasteiger partial charge in [0.15, 0.2) is 0 Å². The van der Waals surface area contributed by atoms with E-state index in [1.54, 1.807) is 4.68 Å². The Morgan fingerprint density at radius 2 is 1.77 bits per heavy atom. The van der Waals surface area contributed by atoms with Crippen molar-refractivity contribution in [2.24, 2.45) is 5.92 Å². The summed E-state index contributed by atoms with van der Waals surface area (Å²) in [5.41, 5.74) is 1.73. The van der Waals surface area contributed by atoms with Crippen LogP contribution >= 0.6 is 0 Å². The van der Waals surface area contributed by atoms with Gasteiger partial charge in [-0.15, -0.1) is 0 Å². The molecule has 1 saturated heterocycles. The molecule has 1 amide bonds. The molecular weight excluding hydrogens is 328 g/mol. The van der Waals surface area contributed by atoms with Crippen LogP contribution in [0.25, 0.3) is 5.69 Å². The Bertz CT molecular complexity index is 864. The highest BCUT2D eigenvalue weighted by molar-refractivity contribution is 5.93. The van der Waals surface area contributed by atoms with Crippen LogP contribution in [0.3, 0.4) is 0 Å². The molecule has 2 heterocycles. The van der Waals surface area contributed by atoms with E-state index in [2.05, 4.69) is 25.7 Å². The number of para-hydroxylation sites is 2. The van der Waals surface area contributed by atoms with E-state index in [0.29, 0.717) is 12.5 Å². The number of carbonyl (C=O) groups is 1. The fourth-order valence-electron chi connectivity index (χ4n) is 3.25. The highest BCUT2D eigenvalue weighted by atomic mass is 16.1. The molecule has 7 nitrogen and oxygen atoms in total. The van der Waals surface area contributed by atoms with E-state index in [1.165, 1.54) is 0 Å². The summed E-state index contributed by atoms with van der Waals surface area (Å²) in [6.07, 6.45) is 1.79. The first-order valence-corrected chi connectivity index (χ1v) is 8.76. The Morgan fingerprint density at radius 1 is 1.04 bits per heavy atom. The van der Waals surface area contributed by atoms with Gasteiger partial charge in [-0.05, 0) is 47.5 Å². The van der Waals surface area contributed by atoms with Crippen molar-refractivity contribution in [1.29, 1.82) is 0 Å². The maximum absolute atomic E-state index is 12.6. The van der Waals surface area contributed by atoms with Gasteiger partial charge in [0.05, 0.1) is 11.6 Å². The zero-order valence-corrected chi connectivity index (χ0v) is 14.3. The fraction of sp³-hybridized carbons (Fsp3) is 0.263. The Morgan fingerprint density at radius 3 is 2.54 bits per heavy atom. The molecule has 3 aromatic rings. The summed E-state index contributed by atoms with van der Waals surface area (Å²) < 4.78 is 1.72. The highest BCUT2D eigenvalue weighted by Gasteiger charge is 2.28. The van der Waals surface area contributed by atoms with Crippen molar-refractivity contribution in [3.05, 3.63) is 60.7 Å². The molecule has 1 aromatic heterocycles. The van der Waals surface area contributed by atoms with E-state index in [-0.39, 0.29) is 11.8 Å². The second kappa shape index (κ2) is 7.35. The summed E-state index contributed by atoms with van der Waals surface area (Å²) in [6, 6.07) is 19.3. The predicted octanol–water partition coefficient (Wildman–Crippen LogP) is 2.52. The molecule has 0 saturated carbocycles. The number of nitrogens with one attached hydrogen (secondary N) is 1. The zero-order chi connectivity index (χ0) is 17.8. The summed E-state index contributed by atoms with van der Waals surface area (Å²) >= 11 is 0. The molecule has 7 heteroatoms. The van der Waals surface area contributed by atoms with Crippen LogP contribution in [0.2, 0.25) is 0 Å². The lowest BCUT2D eigenvalue weighted by Crippen LogP contribution is -2.42. The number of rotatable bonds is 4. The number of aromatic nitrogens is 4. The number of nitrogens with zero attached hydrogens (tertiary/aromatic N) is 5. The lowest BCUT2D eigenvalue weighted by atomic mass is 9.97. The molecule has 1 aliphatic heterocycles. The fourth-order valence-corrected chi connectivity index (χ4v) is 3.25. The largest absolute Gasteiger partial charge is 0.339 e.